The number of nitrogens with one attached hydrogen (secondary N) is 1. The van der Waals surface area contributed by atoms with Crippen LogP contribution in [0.1, 0.15) is 51.1 Å². The molecule has 0 saturated carbocycles. The van der Waals surface area contributed by atoms with Crippen molar-refractivity contribution in [3.63, 3.8) is 0 Å². The molecule has 5 rings (SSSR count). The molecule has 3 heterocycles. The van der Waals surface area contributed by atoms with Crippen molar-refractivity contribution in [3.8, 4) is 6.07 Å². The third-order valence-corrected chi connectivity index (χ3v) is 6.37. The van der Waals surface area contributed by atoms with Crippen molar-refractivity contribution < 1.29 is 14.3 Å². The maximum absolute atomic E-state index is 13.8. The molecule has 0 amide bonds. The second-order valence-corrected chi connectivity index (χ2v) is 8.88. The van der Waals surface area contributed by atoms with E-state index in [0.717, 1.165) is 16.7 Å². The summed E-state index contributed by atoms with van der Waals surface area (Å²) in [6.45, 7) is 4.41. The van der Waals surface area contributed by atoms with Crippen LogP contribution in [0.2, 0.25) is 0 Å². The molecule has 1 aliphatic heterocycles. The molecule has 0 saturated heterocycles. The highest BCUT2D eigenvalue weighted by molar-refractivity contribution is 5.94. The molecule has 0 aliphatic carbocycles. The Hall–Kier alpha value is -4.71. The van der Waals surface area contributed by atoms with Crippen molar-refractivity contribution in [3.05, 3.63) is 104 Å². The van der Waals surface area contributed by atoms with Gasteiger partial charge in [0, 0.05) is 30.5 Å². The van der Waals surface area contributed by atoms with Crippen molar-refractivity contribution in [2.75, 3.05) is 10.2 Å². The Morgan fingerprint density at radius 2 is 1.94 bits per heavy atom. The number of pyridine rings is 1. The van der Waals surface area contributed by atoms with Gasteiger partial charge in [-0.15, -0.1) is 0 Å². The molecule has 0 bridgehead atoms. The van der Waals surface area contributed by atoms with Crippen molar-refractivity contribution >= 4 is 23.1 Å². The number of para-hydroxylation sites is 1. The van der Waals surface area contributed by atoms with Crippen molar-refractivity contribution in [1.29, 1.82) is 5.26 Å². The fourth-order valence-electron chi connectivity index (χ4n) is 4.66. The molecule has 0 unspecified atom stereocenters. The SMILES string of the molecule is Cc1cc([C@@H](C)Nc2ccccc2C(=O)O)c2nc(N3Cc4ccc(F)cc4C3)c(C#N)c(=O)n2c1. The Bertz CT molecular complexity index is 1640. The van der Waals surface area contributed by atoms with E-state index in [2.05, 4.69) is 5.32 Å². The van der Waals surface area contributed by atoms with Gasteiger partial charge in [-0.2, -0.15) is 5.26 Å². The highest BCUT2D eigenvalue weighted by atomic mass is 19.1. The molecular weight excluding hydrogens is 461 g/mol. The molecule has 180 valence electrons. The zero-order valence-electron chi connectivity index (χ0n) is 19.6. The average Bonchev–Trinajstić information content (AvgIpc) is 3.27. The predicted molar refractivity (Wildman–Crippen MR) is 133 cm³/mol. The number of rotatable bonds is 5. The molecule has 36 heavy (non-hydrogen) atoms. The summed E-state index contributed by atoms with van der Waals surface area (Å²) in [5.74, 6) is -1.16. The van der Waals surface area contributed by atoms with Crippen molar-refractivity contribution in [1.82, 2.24) is 9.38 Å². The number of aromatic nitrogens is 2. The summed E-state index contributed by atoms with van der Waals surface area (Å²) >= 11 is 0. The van der Waals surface area contributed by atoms with E-state index in [4.69, 9.17) is 4.98 Å². The molecule has 2 aromatic carbocycles. The number of anilines is 2. The van der Waals surface area contributed by atoms with Crippen LogP contribution in [0.4, 0.5) is 15.9 Å². The van der Waals surface area contributed by atoms with E-state index in [1.54, 1.807) is 35.4 Å². The second kappa shape index (κ2) is 8.82. The number of carbonyl (C=O) groups is 1. The predicted octanol–water partition coefficient (Wildman–Crippen LogP) is 4.41. The van der Waals surface area contributed by atoms with Crippen LogP contribution in [0.25, 0.3) is 5.65 Å². The third kappa shape index (κ3) is 3.92. The lowest BCUT2D eigenvalue weighted by molar-refractivity contribution is 0.0698. The van der Waals surface area contributed by atoms with Crippen LogP contribution in [0.5, 0.6) is 0 Å². The van der Waals surface area contributed by atoms with Crippen LogP contribution in [0.3, 0.4) is 0 Å². The van der Waals surface area contributed by atoms with E-state index in [9.17, 15) is 24.3 Å². The first-order valence-electron chi connectivity index (χ1n) is 11.3. The van der Waals surface area contributed by atoms with Gasteiger partial charge in [-0.25, -0.2) is 14.2 Å². The van der Waals surface area contributed by atoms with Crippen LogP contribution in [-0.2, 0) is 13.1 Å². The molecule has 0 radical (unpaired) electrons. The number of aryl methyl sites for hydroxylation is 1. The van der Waals surface area contributed by atoms with Crippen LogP contribution in [0, 0.1) is 24.1 Å². The summed E-state index contributed by atoms with van der Waals surface area (Å²) in [4.78, 5) is 31.6. The van der Waals surface area contributed by atoms with Crippen LogP contribution < -0.4 is 15.8 Å². The van der Waals surface area contributed by atoms with Gasteiger partial charge in [-0.1, -0.05) is 18.2 Å². The molecule has 1 aliphatic rings. The first-order chi connectivity index (χ1) is 17.3. The van der Waals surface area contributed by atoms with Crippen molar-refractivity contribution in [2.45, 2.75) is 33.0 Å². The van der Waals surface area contributed by atoms with Crippen LogP contribution in [0.15, 0.2) is 59.5 Å². The lowest BCUT2D eigenvalue weighted by Gasteiger charge is -2.22. The molecule has 1 atom stereocenters. The standard InChI is InChI=1S/C27H22FN5O3/c1-15-9-21(16(2)30-23-6-4-3-5-20(23)27(35)36)25-31-24(22(11-29)26(34)33(25)12-15)32-13-17-7-8-19(28)10-18(17)14-32/h3-10,12,16,30H,13-14H2,1-2H3,(H,35,36)/t16-/m1/s1. The van der Waals surface area contributed by atoms with E-state index in [1.165, 1.54) is 22.6 Å². The topological polar surface area (TPSA) is 111 Å². The van der Waals surface area contributed by atoms with Crippen molar-refractivity contribution in [2.24, 2.45) is 0 Å². The van der Waals surface area contributed by atoms with Gasteiger partial charge in [0.05, 0.1) is 11.6 Å². The first kappa shape index (κ1) is 23.1. The molecule has 4 aromatic rings. The number of benzene rings is 2. The van der Waals surface area contributed by atoms with E-state index < -0.39 is 17.6 Å². The second-order valence-electron chi connectivity index (χ2n) is 8.88. The van der Waals surface area contributed by atoms with E-state index >= 15 is 0 Å². The minimum Gasteiger partial charge on any atom is -0.478 e. The largest absolute Gasteiger partial charge is 0.478 e. The fraction of sp³-hybridized carbons (Fsp3) is 0.185. The number of carboxylic acids is 1. The first-order valence-corrected chi connectivity index (χ1v) is 11.3. The number of fused-ring (bicyclic) bond motifs is 2. The van der Waals surface area contributed by atoms with Crippen LogP contribution >= 0.6 is 0 Å². The van der Waals surface area contributed by atoms with Gasteiger partial charge >= 0.3 is 5.97 Å². The summed E-state index contributed by atoms with van der Waals surface area (Å²) in [5, 5.41) is 22.6. The molecular formula is C27H22FN5O3. The fourth-order valence-corrected chi connectivity index (χ4v) is 4.66. The summed E-state index contributed by atoms with van der Waals surface area (Å²) in [6, 6.07) is 14.6. The Balaban J connectivity index is 1.63. The number of hydrogen-bond donors (Lipinski definition) is 2. The number of carboxylic acid groups (broad SMARTS) is 1. The van der Waals surface area contributed by atoms with E-state index in [1.807, 2.05) is 26.0 Å². The molecule has 2 N–H and O–H groups in total. The smallest absolute Gasteiger partial charge is 0.337 e. The van der Waals surface area contributed by atoms with E-state index in [0.29, 0.717) is 30.0 Å². The monoisotopic (exact) mass is 483 g/mol. The summed E-state index contributed by atoms with van der Waals surface area (Å²) in [7, 11) is 0. The number of nitriles is 1. The van der Waals surface area contributed by atoms with Gasteiger partial charge in [-0.05, 0) is 60.9 Å². The summed E-state index contributed by atoms with van der Waals surface area (Å²) in [6.07, 6.45) is 1.63. The zero-order valence-corrected chi connectivity index (χ0v) is 19.6. The molecule has 9 heteroatoms. The van der Waals surface area contributed by atoms with Crippen LogP contribution in [-0.4, -0.2) is 20.5 Å². The number of nitrogens with zero attached hydrogens (tertiary/aromatic N) is 4. The number of hydrogen-bond acceptors (Lipinski definition) is 6. The molecule has 8 nitrogen and oxygen atoms in total. The number of aromatic carboxylic acids is 1. The maximum Gasteiger partial charge on any atom is 0.337 e. The van der Waals surface area contributed by atoms with Gasteiger partial charge in [0.1, 0.15) is 17.5 Å². The average molecular weight is 484 g/mol. The minimum atomic E-state index is -1.06. The normalized spacial score (nSPS) is 13.3. The van der Waals surface area contributed by atoms with E-state index in [-0.39, 0.29) is 22.8 Å². The van der Waals surface area contributed by atoms with Gasteiger partial charge in [-0.3, -0.25) is 9.20 Å². The Labute approximate surface area is 205 Å². The molecule has 0 fully saturated rings. The summed E-state index contributed by atoms with van der Waals surface area (Å²) < 4.78 is 15.1. The highest BCUT2D eigenvalue weighted by Gasteiger charge is 2.27. The lowest BCUT2D eigenvalue weighted by Crippen LogP contribution is -2.27. The van der Waals surface area contributed by atoms with Gasteiger partial charge in [0.25, 0.3) is 5.56 Å². The van der Waals surface area contributed by atoms with Gasteiger partial charge < -0.3 is 15.3 Å². The molecule has 2 aromatic heterocycles. The van der Waals surface area contributed by atoms with Gasteiger partial charge in [0.2, 0.25) is 0 Å². The Morgan fingerprint density at radius 3 is 2.69 bits per heavy atom. The van der Waals surface area contributed by atoms with Gasteiger partial charge in [0.15, 0.2) is 11.4 Å². The lowest BCUT2D eigenvalue weighted by atomic mass is 10.1. The zero-order chi connectivity index (χ0) is 25.6. The molecule has 0 spiro atoms. The minimum absolute atomic E-state index is 0.0887. The quantitative estimate of drug-likeness (QED) is 0.433. The summed E-state index contributed by atoms with van der Waals surface area (Å²) in [5.41, 5.74) is 3.47. The third-order valence-electron chi connectivity index (χ3n) is 6.37. The Kier molecular flexibility index (Phi) is 5.65. The number of halogens is 1. The maximum atomic E-state index is 13.8. The Morgan fingerprint density at radius 1 is 1.19 bits per heavy atom. The highest BCUT2D eigenvalue weighted by Crippen LogP contribution is 2.31.